The van der Waals surface area contributed by atoms with Gasteiger partial charge >= 0.3 is 0 Å². The molecule has 3 N–H and O–H groups in total. The molecule has 1 atom stereocenters. The molecule has 0 spiro atoms. The molecule has 0 radical (unpaired) electrons. The summed E-state index contributed by atoms with van der Waals surface area (Å²) in [5.41, 5.74) is 2.12. The lowest BCUT2D eigenvalue weighted by molar-refractivity contribution is 0.0420. The molecule has 27 heavy (non-hydrogen) atoms. The van der Waals surface area contributed by atoms with Crippen LogP contribution >= 0.6 is 0 Å². The van der Waals surface area contributed by atoms with E-state index >= 15 is 0 Å². The number of aromatic nitrogens is 2. The van der Waals surface area contributed by atoms with E-state index in [4.69, 9.17) is 9.47 Å². The number of nitrogens with zero attached hydrogens (tertiary/aromatic N) is 2. The lowest BCUT2D eigenvalue weighted by Gasteiger charge is -2.12. The number of imidazole rings is 1. The lowest BCUT2D eigenvalue weighted by Crippen LogP contribution is -2.38. The van der Waals surface area contributed by atoms with Crippen molar-refractivity contribution in [1.29, 1.82) is 0 Å². The molecule has 0 amide bonds. The van der Waals surface area contributed by atoms with Gasteiger partial charge in [0, 0.05) is 39.3 Å². The van der Waals surface area contributed by atoms with Gasteiger partial charge in [0.25, 0.3) is 0 Å². The number of hydrogen-bond donors (Lipinski definition) is 3. The molecule has 1 aliphatic heterocycles. The summed E-state index contributed by atoms with van der Waals surface area (Å²) < 4.78 is 11.1. The number of hydrogen-bond acceptors (Lipinski definition) is 4. The zero-order chi connectivity index (χ0) is 18.7. The van der Waals surface area contributed by atoms with Crippen LogP contribution in [0.1, 0.15) is 32.0 Å². The molecule has 0 bridgehead atoms. The Balaban J connectivity index is 1.33. The number of ether oxygens (including phenoxy) is 2. The van der Waals surface area contributed by atoms with Crippen molar-refractivity contribution >= 4 is 17.0 Å². The van der Waals surface area contributed by atoms with Crippen molar-refractivity contribution in [3.8, 4) is 0 Å². The maximum Gasteiger partial charge on any atom is 0.191 e. The molecule has 1 aliphatic rings. The van der Waals surface area contributed by atoms with Crippen LogP contribution in [0.4, 0.5) is 0 Å². The average Bonchev–Trinajstić information content (AvgIpc) is 3.34. The van der Waals surface area contributed by atoms with Gasteiger partial charge in [-0.25, -0.2) is 4.98 Å². The second kappa shape index (κ2) is 10.9. The second-order valence-electron chi connectivity index (χ2n) is 6.70. The summed E-state index contributed by atoms with van der Waals surface area (Å²) in [7, 11) is 0. The predicted molar refractivity (Wildman–Crippen MR) is 108 cm³/mol. The highest BCUT2D eigenvalue weighted by Gasteiger charge is 2.15. The van der Waals surface area contributed by atoms with Crippen LogP contribution in [-0.4, -0.2) is 61.5 Å². The number of para-hydroxylation sites is 2. The molecule has 2 aromatic rings. The first-order valence-corrected chi connectivity index (χ1v) is 10.0. The molecule has 1 aromatic carbocycles. The predicted octanol–water partition coefficient (Wildman–Crippen LogP) is 2.25. The molecule has 2 heterocycles. The fraction of sp³-hybridized carbons (Fsp3) is 0.600. The highest BCUT2D eigenvalue weighted by Crippen LogP contribution is 2.11. The van der Waals surface area contributed by atoms with Crippen LogP contribution in [0.2, 0.25) is 0 Å². The minimum atomic E-state index is 0.283. The SMILES string of the molecule is CCNC(=NCCCc1nc2ccccc2[nH]1)NCCCOC1CCOC1. The van der Waals surface area contributed by atoms with Gasteiger partial charge in [-0.05, 0) is 38.3 Å². The summed E-state index contributed by atoms with van der Waals surface area (Å²) in [6.45, 7) is 6.87. The third-order valence-electron chi connectivity index (χ3n) is 4.48. The van der Waals surface area contributed by atoms with E-state index < -0.39 is 0 Å². The summed E-state index contributed by atoms with van der Waals surface area (Å²) >= 11 is 0. The second-order valence-corrected chi connectivity index (χ2v) is 6.70. The van der Waals surface area contributed by atoms with Gasteiger partial charge in [-0.3, -0.25) is 4.99 Å². The van der Waals surface area contributed by atoms with Crippen molar-refractivity contribution in [2.75, 3.05) is 39.5 Å². The van der Waals surface area contributed by atoms with Crippen LogP contribution in [0.3, 0.4) is 0 Å². The van der Waals surface area contributed by atoms with Crippen LogP contribution in [0.15, 0.2) is 29.3 Å². The maximum atomic E-state index is 5.78. The topological polar surface area (TPSA) is 83.6 Å². The zero-order valence-electron chi connectivity index (χ0n) is 16.2. The first kappa shape index (κ1) is 19.6. The molecule has 1 fully saturated rings. The Hall–Kier alpha value is -2.12. The molecule has 148 valence electrons. The van der Waals surface area contributed by atoms with Crippen LogP contribution < -0.4 is 10.6 Å². The fourth-order valence-corrected chi connectivity index (χ4v) is 3.08. The molecule has 1 unspecified atom stereocenters. The molecule has 0 aliphatic carbocycles. The van der Waals surface area contributed by atoms with Gasteiger partial charge < -0.3 is 25.1 Å². The van der Waals surface area contributed by atoms with Crippen molar-refractivity contribution < 1.29 is 9.47 Å². The molecule has 7 nitrogen and oxygen atoms in total. The van der Waals surface area contributed by atoms with E-state index in [1.807, 2.05) is 18.2 Å². The normalized spacial score (nSPS) is 17.5. The molecule has 1 aromatic heterocycles. The number of rotatable bonds is 10. The number of aliphatic imine (C=N–C) groups is 1. The zero-order valence-corrected chi connectivity index (χ0v) is 16.2. The molecule has 7 heteroatoms. The van der Waals surface area contributed by atoms with E-state index in [0.29, 0.717) is 0 Å². The number of benzene rings is 1. The van der Waals surface area contributed by atoms with E-state index in [0.717, 1.165) is 88.0 Å². The number of H-pyrrole nitrogens is 1. The Morgan fingerprint density at radius 3 is 3.07 bits per heavy atom. The van der Waals surface area contributed by atoms with E-state index in [1.54, 1.807) is 0 Å². The standard InChI is InChI=1S/C20H31N5O2/c1-2-21-20(23-12-6-13-27-16-10-14-26-15-16)22-11-5-9-19-24-17-7-3-4-8-18(17)25-19/h3-4,7-8,16H,2,5-6,9-15H2,1H3,(H,24,25)(H2,21,22,23). The van der Waals surface area contributed by atoms with Crippen molar-refractivity contribution in [2.45, 2.75) is 38.7 Å². The summed E-state index contributed by atoms with van der Waals surface area (Å²) in [6.07, 6.45) is 4.11. The first-order valence-electron chi connectivity index (χ1n) is 10.0. The Morgan fingerprint density at radius 1 is 1.33 bits per heavy atom. The van der Waals surface area contributed by atoms with Crippen molar-refractivity contribution in [2.24, 2.45) is 4.99 Å². The highest BCUT2D eigenvalue weighted by molar-refractivity contribution is 5.79. The van der Waals surface area contributed by atoms with E-state index in [1.165, 1.54) is 0 Å². The van der Waals surface area contributed by atoms with Crippen molar-refractivity contribution in [3.63, 3.8) is 0 Å². The summed E-state index contributed by atoms with van der Waals surface area (Å²) in [5.74, 6) is 1.89. The Morgan fingerprint density at radius 2 is 2.26 bits per heavy atom. The van der Waals surface area contributed by atoms with E-state index in [9.17, 15) is 0 Å². The molecular weight excluding hydrogens is 342 g/mol. The quantitative estimate of drug-likeness (QED) is 0.338. The third kappa shape index (κ3) is 6.52. The largest absolute Gasteiger partial charge is 0.379 e. The number of nitrogens with one attached hydrogen (secondary N) is 3. The van der Waals surface area contributed by atoms with Crippen molar-refractivity contribution in [3.05, 3.63) is 30.1 Å². The number of aromatic amines is 1. The average molecular weight is 374 g/mol. The minimum Gasteiger partial charge on any atom is -0.379 e. The van der Waals surface area contributed by atoms with E-state index in [-0.39, 0.29) is 6.10 Å². The van der Waals surface area contributed by atoms with Gasteiger partial charge in [-0.15, -0.1) is 0 Å². The number of guanidine groups is 1. The third-order valence-corrected chi connectivity index (χ3v) is 4.48. The van der Waals surface area contributed by atoms with Crippen LogP contribution in [-0.2, 0) is 15.9 Å². The van der Waals surface area contributed by atoms with Crippen LogP contribution in [0, 0.1) is 0 Å². The molecule has 0 saturated carbocycles. The minimum absolute atomic E-state index is 0.283. The van der Waals surface area contributed by atoms with Gasteiger partial charge in [0.2, 0.25) is 0 Å². The van der Waals surface area contributed by atoms with Gasteiger partial charge in [0.1, 0.15) is 5.82 Å². The summed E-state index contributed by atoms with van der Waals surface area (Å²) in [5, 5.41) is 6.66. The van der Waals surface area contributed by atoms with E-state index in [2.05, 4.69) is 38.6 Å². The number of aryl methyl sites for hydroxylation is 1. The molecule has 3 rings (SSSR count). The number of fused-ring (bicyclic) bond motifs is 1. The Bertz CT molecular complexity index is 676. The lowest BCUT2D eigenvalue weighted by atomic mass is 10.3. The first-order chi connectivity index (χ1) is 13.3. The van der Waals surface area contributed by atoms with Gasteiger partial charge in [0.05, 0.1) is 23.7 Å². The molecular formula is C20H31N5O2. The summed E-state index contributed by atoms with van der Waals surface area (Å²) in [4.78, 5) is 12.6. The molecule has 1 saturated heterocycles. The monoisotopic (exact) mass is 373 g/mol. The Kier molecular flexibility index (Phi) is 7.92. The fourth-order valence-electron chi connectivity index (χ4n) is 3.08. The van der Waals surface area contributed by atoms with Gasteiger partial charge in [0.15, 0.2) is 5.96 Å². The maximum absolute atomic E-state index is 5.78. The van der Waals surface area contributed by atoms with Crippen LogP contribution in [0.5, 0.6) is 0 Å². The van der Waals surface area contributed by atoms with Gasteiger partial charge in [-0.2, -0.15) is 0 Å². The Labute approximate surface area is 161 Å². The summed E-state index contributed by atoms with van der Waals surface area (Å²) in [6, 6.07) is 8.12. The van der Waals surface area contributed by atoms with Gasteiger partial charge in [-0.1, -0.05) is 12.1 Å². The van der Waals surface area contributed by atoms with Crippen molar-refractivity contribution in [1.82, 2.24) is 20.6 Å². The highest BCUT2D eigenvalue weighted by atomic mass is 16.5. The smallest absolute Gasteiger partial charge is 0.191 e. The van der Waals surface area contributed by atoms with Crippen LogP contribution in [0.25, 0.3) is 11.0 Å².